The van der Waals surface area contributed by atoms with E-state index in [-0.39, 0.29) is 11.2 Å². The van der Waals surface area contributed by atoms with E-state index in [1.165, 1.54) is 22.4 Å². The van der Waals surface area contributed by atoms with Crippen LogP contribution in [0.1, 0.15) is 16.7 Å². The number of piperazine rings is 1. The second kappa shape index (κ2) is 7.77. The highest BCUT2D eigenvalue weighted by Gasteiger charge is 2.32. The number of hydrogen-bond acceptors (Lipinski definition) is 4. The molecular formula is C22H25N3OS. The molecule has 0 aromatic heterocycles. The summed E-state index contributed by atoms with van der Waals surface area (Å²) in [6, 6.07) is 17.0. The molecule has 2 heterocycles. The van der Waals surface area contributed by atoms with E-state index in [1.807, 2.05) is 0 Å². The Balaban J connectivity index is 1.35. The molecule has 2 aliphatic heterocycles. The maximum atomic E-state index is 12.4. The standard InChI is InChI=1S/C22H25N3OS/c1-16-7-9-18(10-8-16)15-20-21(26)23-22(27-20)25-13-11-24(12-14-25)19-6-4-3-5-17(19)2/h3-10,20H,11-15H2,1-2H3/t20-/m1/s1. The molecule has 0 spiro atoms. The minimum Gasteiger partial charge on any atom is -0.368 e. The van der Waals surface area contributed by atoms with Gasteiger partial charge in [-0.3, -0.25) is 4.79 Å². The van der Waals surface area contributed by atoms with E-state index in [0.717, 1.165) is 37.8 Å². The van der Waals surface area contributed by atoms with Crippen molar-refractivity contribution in [2.45, 2.75) is 25.5 Å². The van der Waals surface area contributed by atoms with Gasteiger partial charge in [0.05, 0.1) is 5.25 Å². The van der Waals surface area contributed by atoms with Crippen LogP contribution in [-0.2, 0) is 11.2 Å². The number of para-hydroxylation sites is 1. The zero-order valence-electron chi connectivity index (χ0n) is 15.9. The minimum atomic E-state index is -0.0860. The maximum Gasteiger partial charge on any atom is 0.262 e. The fourth-order valence-electron chi connectivity index (χ4n) is 3.64. The molecule has 1 fully saturated rings. The molecule has 0 unspecified atom stereocenters. The van der Waals surface area contributed by atoms with Crippen molar-refractivity contribution in [3.8, 4) is 0 Å². The lowest BCUT2D eigenvalue weighted by Crippen LogP contribution is -2.48. The van der Waals surface area contributed by atoms with Crippen LogP contribution in [0.5, 0.6) is 0 Å². The highest BCUT2D eigenvalue weighted by Crippen LogP contribution is 2.29. The van der Waals surface area contributed by atoms with Gasteiger partial charge in [0.1, 0.15) is 0 Å². The Hall–Kier alpha value is -2.27. The molecule has 1 saturated heterocycles. The first-order valence-electron chi connectivity index (χ1n) is 9.50. The molecule has 0 bridgehead atoms. The Morgan fingerprint density at radius 2 is 1.63 bits per heavy atom. The van der Waals surface area contributed by atoms with Crippen LogP contribution >= 0.6 is 11.8 Å². The van der Waals surface area contributed by atoms with Gasteiger partial charge in [-0.15, -0.1) is 0 Å². The quantitative estimate of drug-likeness (QED) is 0.815. The van der Waals surface area contributed by atoms with Crippen LogP contribution in [0.2, 0.25) is 0 Å². The third kappa shape index (κ3) is 4.03. The first kappa shape index (κ1) is 18.1. The van der Waals surface area contributed by atoms with E-state index in [2.05, 4.69) is 77.2 Å². The summed E-state index contributed by atoms with van der Waals surface area (Å²) in [5, 5.41) is 0.818. The van der Waals surface area contributed by atoms with Crippen LogP contribution < -0.4 is 4.90 Å². The predicted octanol–water partition coefficient (Wildman–Crippen LogP) is 3.67. The van der Waals surface area contributed by atoms with E-state index in [0.29, 0.717) is 0 Å². The van der Waals surface area contributed by atoms with Crippen molar-refractivity contribution in [3.05, 3.63) is 65.2 Å². The molecule has 0 radical (unpaired) electrons. The number of rotatable bonds is 3. The molecule has 4 rings (SSSR count). The molecule has 0 saturated carbocycles. The lowest BCUT2D eigenvalue weighted by atomic mass is 10.1. The normalized spacial score (nSPS) is 20.1. The highest BCUT2D eigenvalue weighted by molar-refractivity contribution is 8.15. The summed E-state index contributed by atoms with van der Waals surface area (Å²) in [6.07, 6.45) is 0.750. The second-order valence-corrected chi connectivity index (χ2v) is 8.46. The molecule has 1 amide bonds. The van der Waals surface area contributed by atoms with Gasteiger partial charge in [0, 0.05) is 31.9 Å². The van der Waals surface area contributed by atoms with Crippen molar-refractivity contribution in [1.82, 2.24) is 4.90 Å². The average Bonchev–Trinajstić information content (AvgIpc) is 3.05. The van der Waals surface area contributed by atoms with Gasteiger partial charge < -0.3 is 9.80 Å². The third-order valence-electron chi connectivity index (χ3n) is 5.28. The molecular weight excluding hydrogens is 354 g/mol. The third-order valence-corrected chi connectivity index (χ3v) is 6.49. The summed E-state index contributed by atoms with van der Waals surface area (Å²) < 4.78 is 0. The number of nitrogens with zero attached hydrogens (tertiary/aromatic N) is 3. The smallest absolute Gasteiger partial charge is 0.262 e. The molecule has 2 aromatic rings. The number of thioether (sulfide) groups is 1. The molecule has 0 aliphatic carbocycles. The van der Waals surface area contributed by atoms with E-state index in [1.54, 1.807) is 11.8 Å². The van der Waals surface area contributed by atoms with E-state index in [9.17, 15) is 4.79 Å². The van der Waals surface area contributed by atoms with Gasteiger partial charge in [-0.05, 0) is 37.5 Å². The zero-order valence-corrected chi connectivity index (χ0v) is 16.7. The monoisotopic (exact) mass is 379 g/mol. The number of amides is 1. The predicted molar refractivity (Wildman–Crippen MR) is 114 cm³/mol. The maximum absolute atomic E-state index is 12.4. The van der Waals surface area contributed by atoms with Crippen LogP contribution in [0.25, 0.3) is 0 Å². The van der Waals surface area contributed by atoms with Crippen LogP contribution in [-0.4, -0.2) is 47.4 Å². The molecule has 2 aliphatic rings. The number of carbonyl (C=O) groups is 1. The van der Waals surface area contributed by atoms with Crippen LogP contribution in [0.4, 0.5) is 5.69 Å². The fraction of sp³-hybridized carbons (Fsp3) is 0.364. The second-order valence-electron chi connectivity index (χ2n) is 7.29. The fourth-order valence-corrected chi connectivity index (χ4v) is 4.80. The van der Waals surface area contributed by atoms with Gasteiger partial charge >= 0.3 is 0 Å². The average molecular weight is 380 g/mol. The minimum absolute atomic E-state index is 0.0110. The van der Waals surface area contributed by atoms with Crippen molar-refractivity contribution in [2.75, 3.05) is 31.1 Å². The van der Waals surface area contributed by atoms with Gasteiger partial charge in [-0.25, -0.2) is 0 Å². The van der Waals surface area contributed by atoms with E-state index in [4.69, 9.17) is 0 Å². The number of amidine groups is 1. The van der Waals surface area contributed by atoms with Gasteiger partial charge in [0.25, 0.3) is 5.91 Å². The van der Waals surface area contributed by atoms with Crippen LogP contribution in [0.3, 0.4) is 0 Å². The van der Waals surface area contributed by atoms with Crippen LogP contribution in [0, 0.1) is 13.8 Å². The Labute approximate surface area is 165 Å². The number of anilines is 1. The van der Waals surface area contributed by atoms with Gasteiger partial charge in [-0.1, -0.05) is 59.8 Å². The number of aryl methyl sites for hydroxylation is 2. The molecule has 1 atom stereocenters. The summed E-state index contributed by atoms with van der Waals surface area (Å²) in [6.45, 7) is 7.97. The number of aliphatic imine (C=N–C) groups is 1. The first-order chi connectivity index (χ1) is 13.1. The number of benzene rings is 2. The lowest BCUT2D eigenvalue weighted by molar-refractivity contribution is -0.117. The van der Waals surface area contributed by atoms with Gasteiger partial charge in [-0.2, -0.15) is 4.99 Å². The summed E-state index contributed by atoms with van der Waals surface area (Å²) in [4.78, 5) is 21.5. The molecule has 0 N–H and O–H groups in total. The van der Waals surface area contributed by atoms with Crippen LogP contribution in [0.15, 0.2) is 53.5 Å². The van der Waals surface area contributed by atoms with E-state index < -0.39 is 0 Å². The summed E-state index contributed by atoms with van der Waals surface area (Å²) in [5.41, 5.74) is 5.07. The summed E-state index contributed by atoms with van der Waals surface area (Å²) in [5.74, 6) is 0.0110. The number of hydrogen-bond donors (Lipinski definition) is 0. The molecule has 2 aromatic carbocycles. The lowest BCUT2D eigenvalue weighted by Gasteiger charge is -2.37. The molecule has 5 heteroatoms. The van der Waals surface area contributed by atoms with Gasteiger partial charge in [0.2, 0.25) is 0 Å². The Kier molecular flexibility index (Phi) is 5.21. The van der Waals surface area contributed by atoms with E-state index >= 15 is 0 Å². The summed E-state index contributed by atoms with van der Waals surface area (Å²) in [7, 11) is 0. The largest absolute Gasteiger partial charge is 0.368 e. The van der Waals surface area contributed by atoms with Crippen molar-refractivity contribution in [1.29, 1.82) is 0 Å². The summed E-state index contributed by atoms with van der Waals surface area (Å²) >= 11 is 1.63. The SMILES string of the molecule is Cc1ccc(C[C@H]2SC(N3CCN(c4ccccc4C)CC3)=NC2=O)cc1. The molecule has 4 nitrogen and oxygen atoms in total. The number of carbonyl (C=O) groups excluding carboxylic acids is 1. The van der Waals surface area contributed by atoms with Crippen molar-refractivity contribution in [3.63, 3.8) is 0 Å². The Morgan fingerprint density at radius 3 is 2.33 bits per heavy atom. The molecule has 140 valence electrons. The van der Waals surface area contributed by atoms with Crippen molar-refractivity contribution >= 4 is 28.5 Å². The van der Waals surface area contributed by atoms with Gasteiger partial charge in [0.15, 0.2) is 5.17 Å². The van der Waals surface area contributed by atoms with Crippen molar-refractivity contribution < 1.29 is 4.79 Å². The Morgan fingerprint density at radius 1 is 0.963 bits per heavy atom. The Bertz CT molecular complexity index is 854. The molecule has 27 heavy (non-hydrogen) atoms. The first-order valence-corrected chi connectivity index (χ1v) is 10.4. The zero-order chi connectivity index (χ0) is 18.8. The highest BCUT2D eigenvalue weighted by atomic mass is 32.2. The topological polar surface area (TPSA) is 35.9 Å². The van der Waals surface area contributed by atoms with Crippen molar-refractivity contribution in [2.24, 2.45) is 4.99 Å².